The Balaban J connectivity index is 0.000000124. The third kappa shape index (κ3) is 11.3. The highest BCUT2D eigenvalue weighted by atomic mass is 79.9. The van der Waals surface area contributed by atoms with Crippen molar-refractivity contribution in [3.05, 3.63) is 192 Å². The van der Waals surface area contributed by atoms with Crippen LogP contribution in [0, 0.1) is 0 Å². The van der Waals surface area contributed by atoms with E-state index in [9.17, 15) is 0 Å². The zero-order valence-corrected chi connectivity index (χ0v) is 47.7. The van der Waals surface area contributed by atoms with Gasteiger partial charge in [0.1, 0.15) is 0 Å². The summed E-state index contributed by atoms with van der Waals surface area (Å²) < 4.78 is 3.18. The molecule has 0 spiro atoms. The maximum atomic E-state index is 6.28. The Morgan fingerprint density at radius 1 is 0.389 bits per heavy atom. The van der Waals surface area contributed by atoms with Gasteiger partial charge in [-0.1, -0.05) is 119 Å². The molecule has 15 heteroatoms. The fourth-order valence-electron chi connectivity index (χ4n) is 10.7. The van der Waals surface area contributed by atoms with E-state index in [0.29, 0.717) is 0 Å². The number of piperazine rings is 3. The Labute approximate surface area is 464 Å². The molecule has 3 atom stereocenters. The fourth-order valence-corrected chi connectivity index (χ4v) is 13.0. The second-order valence-electron chi connectivity index (χ2n) is 19.3. The van der Waals surface area contributed by atoms with Crippen molar-refractivity contribution in [3.8, 4) is 0 Å². The minimum Gasteiger partial charge on any atom is -0.304 e. The number of likely N-dealkylation sites (N-methyl/N-ethyl adjacent to an activating group) is 3. The second-order valence-corrected chi connectivity index (χ2v) is 23.2. The Morgan fingerprint density at radius 3 is 0.917 bits per heavy atom. The van der Waals surface area contributed by atoms with E-state index in [1.807, 2.05) is 73.2 Å². The molecule has 372 valence electrons. The molecule has 6 heterocycles. The summed E-state index contributed by atoms with van der Waals surface area (Å²) in [6.07, 6.45) is 12.2. The predicted molar refractivity (Wildman–Crippen MR) is 310 cm³/mol. The Hall–Kier alpha value is -3.60. The first kappa shape index (κ1) is 51.9. The normalized spacial score (nSPS) is 21.6. The largest absolute Gasteiger partial charge is 0.304 e. The van der Waals surface area contributed by atoms with Crippen LogP contribution >= 0.6 is 82.6 Å². The lowest BCUT2D eigenvalue weighted by Crippen LogP contribution is -2.46. The maximum Gasteiger partial charge on any atom is 0.0789 e. The summed E-state index contributed by atoms with van der Waals surface area (Å²) in [5, 5.41) is 2.28. The van der Waals surface area contributed by atoms with E-state index in [1.54, 1.807) is 0 Å². The quantitative estimate of drug-likeness (QED) is 0.172. The highest BCUT2D eigenvalue weighted by Crippen LogP contribution is 2.45. The molecule has 6 aliphatic rings. The summed E-state index contributed by atoms with van der Waals surface area (Å²) in [5.74, 6) is 0. The molecule has 3 aliphatic heterocycles. The zero-order valence-electron chi connectivity index (χ0n) is 40.6. The molecule has 3 fully saturated rings. The standard InChI is InChI=1S/3C19H19BrClN3/c3*1-23-7-9-24(10-8-23)19-15-5-4-14(21)12-16(15)17(20)11-13-3-2-6-22-18(13)19/h3*2-6,11-12,19H,7-10H2,1H3/t2*19-;/m10./s1. The van der Waals surface area contributed by atoms with Crippen molar-refractivity contribution in [2.75, 3.05) is 99.7 Å². The predicted octanol–water partition coefficient (Wildman–Crippen LogP) is 12.8. The number of pyridine rings is 3. The van der Waals surface area contributed by atoms with Crippen LogP contribution < -0.4 is 0 Å². The van der Waals surface area contributed by atoms with Crippen LogP contribution in [0.3, 0.4) is 0 Å². The van der Waals surface area contributed by atoms with Gasteiger partial charge < -0.3 is 14.7 Å². The molecular formula is C57H57Br3Cl3N9. The van der Waals surface area contributed by atoms with Crippen LogP contribution in [0.2, 0.25) is 15.1 Å². The molecule has 6 aromatic rings. The summed E-state index contributed by atoms with van der Waals surface area (Å²) in [5.41, 5.74) is 14.2. The van der Waals surface area contributed by atoms with E-state index in [0.717, 1.165) is 141 Å². The first-order valence-corrected chi connectivity index (χ1v) is 28.0. The number of hydrogen-bond donors (Lipinski definition) is 0. The van der Waals surface area contributed by atoms with Crippen LogP contribution in [-0.2, 0) is 0 Å². The van der Waals surface area contributed by atoms with Crippen molar-refractivity contribution in [3.63, 3.8) is 0 Å². The number of rotatable bonds is 3. The Bertz CT molecular complexity index is 2710. The minimum absolute atomic E-state index is 0.161. The lowest BCUT2D eigenvalue weighted by atomic mass is 9.96. The molecule has 3 aromatic carbocycles. The number of aromatic nitrogens is 3. The topological polar surface area (TPSA) is 58.1 Å². The molecular weight excluding hydrogens is 1160 g/mol. The molecule has 3 aromatic heterocycles. The molecule has 0 radical (unpaired) electrons. The van der Waals surface area contributed by atoms with Gasteiger partial charge in [-0.05, 0) is 144 Å². The van der Waals surface area contributed by atoms with E-state index in [-0.39, 0.29) is 18.1 Å². The molecule has 0 N–H and O–H groups in total. The van der Waals surface area contributed by atoms with Crippen molar-refractivity contribution < 1.29 is 0 Å². The summed E-state index contributed by atoms with van der Waals surface area (Å²) in [6.45, 7) is 12.7. The summed E-state index contributed by atoms with van der Waals surface area (Å²) >= 11 is 30.1. The van der Waals surface area contributed by atoms with Crippen molar-refractivity contribution >= 4 is 114 Å². The maximum absolute atomic E-state index is 6.28. The molecule has 0 amide bonds. The van der Waals surface area contributed by atoms with Crippen LogP contribution in [0.1, 0.15) is 85.3 Å². The smallest absolute Gasteiger partial charge is 0.0789 e. The van der Waals surface area contributed by atoms with Crippen LogP contribution in [0.25, 0.3) is 31.7 Å². The highest BCUT2D eigenvalue weighted by Gasteiger charge is 2.35. The molecule has 72 heavy (non-hydrogen) atoms. The number of benzene rings is 3. The third-order valence-electron chi connectivity index (χ3n) is 14.6. The second kappa shape index (κ2) is 23.1. The average molecular weight is 1210 g/mol. The van der Waals surface area contributed by atoms with Crippen molar-refractivity contribution in [2.45, 2.75) is 18.1 Å². The highest BCUT2D eigenvalue weighted by molar-refractivity contribution is 9.15. The van der Waals surface area contributed by atoms with E-state index in [4.69, 9.17) is 49.8 Å². The van der Waals surface area contributed by atoms with Crippen molar-refractivity contribution in [2.24, 2.45) is 0 Å². The van der Waals surface area contributed by atoms with Gasteiger partial charge in [-0.15, -0.1) is 0 Å². The molecule has 1 unspecified atom stereocenters. The molecule has 12 rings (SSSR count). The van der Waals surface area contributed by atoms with Gasteiger partial charge in [0.2, 0.25) is 0 Å². The minimum atomic E-state index is 0.161. The van der Waals surface area contributed by atoms with Crippen molar-refractivity contribution in [1.29, 1.82) is 0 Å². The lowest BCUT2D eigenvalue weighted by Gasteiger charge is -2.38. The van der Waals surface area contributed by atoms with Crippen LogP contribution in [0.5, 0.6) is 0 Å². The molecule has 3 saturated heterocycles. The summed E-state index contributed by atoms with van der Waals surface area (Å²) in [7, 11) is 6.55. The molecule has 0 saturated carbocycles. The van der Waals surface area contributed by atoms with E-state index < -0.39 is 0 Å². The number of nitrogens with zero attached hydrogens (tertiary/aromatic N) is 9. The zero-order chi connectivity index (χ0) is 50.0. The van der Waals surface area contributed by atoms with Gasteiger partial charge in [-0.25, -0.2) is 0 Å². The van der Waals surface area contributed by atoms with Crippen LogP contribution in [0.4, 0.5) is 0 Å². The van der Waals surface area contributed by atoms with Gasteiger partial charge in [-0.3, -0.25) is 29.7 Å². The Morgan fingerprint density at radius 2 is 0.653 bits per heavy atom. The fraction of sp³-hybridized carbons (Fsp3) is 0.316. The number of hydrogen-bond acceptors (Lipinski definition) is 9. The summed E-state index contributed by atoms with van der Waals surface area (Å²) in [6, 6.07) is 31.5. The molecule has 0 bridgehead atoms. The van der Waals surface area contributed by atoms with Gasteiger partial charge in [0.25, 0.3) is 0 Å². The first-order valence-electron chi connectivity index (χ1n) is 24.5. The van der Waals surface area contributed by atoms with E-state index >= 15 is 0 Å². The van der Waals surface area contributed by atoms with Crippen LogP contribution in [0.15, 0.2) is 110 Å². The van der Waals surface area contributed by atoms with E-state index in [2.05, 4.69) is 153 Å². The van der Waals surface area contributed by atoms with Gasteiger partial charge >= 0.3 is 0 Å². The first-order chi connectivity index (χ1) is 34.9. The number of halogens is 6. The van der Waals surface area contributed by atoms with Gasteiger partial charge in [0.05, 0.1) is 35.2 Å². The monoisotopic (exact) mass is 1210 g/mol. The third-order valence-corrected chi connectivity index (χ3v) is 17.3. The van der Waals surface area contributed by atoms with Gasteiger partial charge in [0.15, 0.2) is 0 Å². The molecule has 9 nitrogen and oxygen atoms in total. The average Bonchev–Trinajstić information content (AvgIpc) is 3.65. The van der Waals surface area contributed by atoms with Gasteiger partial charge in [0, 0.05) is 126 Å². The van der Waals surface area contributed by atoms with Crippen molar-refractivity contribution in [1.82, 2.24) is 44.4 Å². The number of fused-ring (bicyclic) bond motifs is 6. The Kier molecular flexibility index (Phi) is 16.6. The molecule has 3 aliphatic carbocycles. The summed E-state index contributed by atoms with van der Waals surface area (Å²) in [4.78, 5) is 29.0. The van der Waals surface area contributed by atoms with Crippen LogP contribution in [-0.4, -0.2) is 144 Å². The van der Waals surface area contributed by atoms with E-state index in [1.165, 1.54) is 33.4 Å². The SMILES string of the molecule is CN1CCN(C2c3ccc(Cl)cc3C(Br)=Cc3cccnc32)CC1.CN1CCN([C@@H]2c3ccc(Cl)cc3C(Br)=Cc3cccnc32)CC1.CN1CCN([C@H]2c3ccc(Cl)cc3C(Br)=Cc3cccnc32)CC1. The van der Waals surface area contributed by atoms with Gasteiger partial charge in [-0.2, -0.15) is 0 Å². The lowest BCUT2D eigenvalue weighted by molar-refractivity contribution is 0.125.